The van der Waals surface area contributed by atoms with Crippen molar-refractivity contribution in [1.82, 2.24) is 15.0 Å². The predicted octanol–water partition coefficient (Wildman–Crippen LogP) is 2.97. The molecule has 3 heterocycles. The van der Waals surface area contributed by atoms with Gasteiger partial charge in [-0.3, -0.25) is 9.78 Å². The van der Waals surface area contributed by atoms with Crippen molar-refractivity contribution in [2.75, 3.05) is 11.5 Å². The molecule has 160 valence electrons. The number of anilines is 2. The molecule has 0 aromatic carbocycles. The fourth-order valence-corrected chi connectivity index (χ4v) is 3.17. The number of hydrogen-bond acceptors (Lipinski definition) is 7. The van der Waals surface area contributed by atoms with E-state index in [-0.39, 0.29) is 23.8 Å². The minimum absolute atomic E-state index is 0.0691. The van der Waals surface area contributed by atoms with E-state index in [4.69, 9.17) is 15.7 Å². The van der Waals surface area contributed by atoms with Crippen LogP contribution in [0, 0.1) is 11.3 Å². The summed E-state index contributed by atoms with van der Waals surface area (Å²) in [6.07, 6.45) is 5.10. The molecule has 32 heavy (non-hydrogen) atoms. The summed E-state index contributed by atoms with van der Waals surface area (Å²) >= 11 is 0. The predicted molar refractivity (Wildman–Crippen MR) is 113 cm³/mol. The average Bonchev–Trinajstić information content (AvgIpc) is 3.63. The third kappa shape index (κ3) is 4.62. The number of carbonyl (C=O) groups excluding carboxylic acids is 1. The zero-order valence-electron chi connectivity index (χ0n) is 16.8. The van der Waals surface area contributed by atoms with Crippen molar-refractivity contribution in [2.24, 2.45) is 5.73 Å². The van der Waals surface area contributed by atoms with Crippen molar-refractivity contribution in [3.8, 4) is 23.1 Å². The first-order valence-corrected chi connectivity index (χ1v) is 9.72. The lowest BCUT2D eigenvalue weighted by Gasteiger charge is -2.19. The molecule has 3 N–H and O–H groups in total. The largest absolute Gasteiger partial charge is 0.482 e. The molecule has 1 saturated carbocycles. The second kappa shape index (κ2) is 8.69. The zero-order chi connectivity index (χ0) is 22.7. The van der Waals surface area contributed by atoms with Crippen LogP contribution in [0.1, 0.15) is 29.9 Å². The van der Waals surface area contributed by atoms with Crippen molar-refractivity contribution in [3.63, 3.8) is 0 Å². The van der Waals surface area contributed by atoms with Crippen LogP contribution >= 0.6 is 0 Å². The van der Waals surface area contributed by atoms with Crippen LogP contribution in [0.25, 0.3) is 11.3 Å². The van der Waals surface area contributed by atoms with E-state index in [1.165, 1.54) is 24.5 Å². The fraction of sp³-hybridized carbons (Fsp3) is 0.182. The van der Waals surface area contributed by atoms with Gasteiger partial charge in [0.1, 0.15) is 17.4 Å². The number of nitrogens with two attached hydrogens (primary N) is 1. The molecule has 0 unspecified atom stereocenters. The summed E-state index contributed by atoms with van der Waals surface area (Å²) in [5.74, 6) is 0.255. The van der Waals surface area contributed by atoms with Crippen molar-refractivity contribution >= 4 is 23.6 Å². The summed E-state index contributed by atoms with van der Waals surface area (Å²) in [6, 6.07) is 10.1. The monoisotopic (exact) mass is 430 g/mol. The topological polar surface area (TPSA) is 155 Å². The van der Waals surface area contributed by atoms with Gasteiger partial charge in [-0.15, -0.1) is 0 Å². The van der Waals surface area contributed by atoms with Crippen LogP contribution in [0.4, 0.5) is 16.4 Å². The van der Waals surface area contributed by atoms with Gasteiger partial charge in [-0.05, 0) is 54.7 Å². The third-order valence-corrected chi connectivity index (χ3v) is 4.80. The Hall–Kier alpha value is -4.52. The first kappa shape index (κ1) is 20.7. The molecule has 0 saturated heterocycles. The third-order valence-electron chi connectivity index (χ3n) is 4.80. The van der Waals surface area contributed by atoms with Gasteiger partial charge in [-0.1, -0.05) is 0 Å². The van der Waals surface area contributed by atoms with Gasteiger partial charge < -0.3 is 15.6 Å². The van der Waals surface area contributed by atoms with E-state index in [9.17, 15) is 14.7 Å². The van der Waals surface area contributed by atoms with Gasteiger partial charge in [0.15, 0.2) is 6.61 Å². The summed E-state index contributed by atoms with van der Waals surface area (Å²) in [7, 11) is 0. The van der Waals surface area contributed by atoms with Gasteiger partial charge in [0.05, 0.1) is 23.5 Å². The van der Waals surface area contributed by atoms with Gasteiger partial charge in [0, 0.05) is 18.0 Å². The maximum absolute atomic E-state index is 12.1. The average molecular weight is 430 g/mol. The number of ether oxygens (including phenoxy) is 1. The van der Waals surface area contributed by atoms with Crippen molar-refractivity contribution in [2.45, 2.75) is 18.8 Å². The molecule has 0 atom stereocenters. The highest BCUT2D eigenvalue weighted by molar-refractivity contribution is 5.93. The normalized spacial score (nSPS) is 12.6. The lowest BCUT2D eigenvalue weighted by atomic mass is 10.1. The molecule has 1 fully saturated rings. The highest BCUT2D eigenvalue weighted by Crippen LogP contribution is 2.42. The van der Waals surface area contributed by atoms with Crippen LogP contribution in [-0.2, 0) is 4.79 Å². The van der Waals surface area contributed by atoms with Gasteiger partial charge in [-0.25, -0.2) is 19.7 Å². The Morgan fingerprint density at radius 1 is 1.22 bits per heavy atom. The Bertz CT molecular complexity index is 1240. The molecule has 0 bridgehead atoms. The Kier molecular flexibility index (Phi) is 5.63. The quantitative estimate of drug-likeness (QED) is 0.579. The molecular formula is C22H18N6O4. The number of carboxylic acid groups (broad SMARTS) is 1. The lowest BCUT2D eigenvalue weighted by Crippen LogP contribution is -2.26. The van der Waals surface area contributed by atoms with Gasteiger partial charge in [0.2, 0.25) is 0 Å². The number of primary amides is 1. The number of pyridine rings is 3. The van der Waals surface area contributed by atoms with E-state index in [1.54, 1.807) is 18.3 Å². The lowest BCUT2D eigenvalue weighted by molar-refractivity contribution is -0.119. The molecule has 1 aliphatic rings. The second-order valence-corrected chi connectivity index (χ2v) is 7.22. The molecule has 3 aromatic rings. The minimum atomic E-state index is -1.28. The standard InChI is InChI=1S/C22H18N6O4/c23-9-13-3-4-26-20(5-13)28(22(30)31)21-8-15(14-1-2-14)7-18(27-21)16-6-17(11-25-10-16)32-12-19(24)29/h3-8,10-11,14H,1-2,12H2,(H2,24,29)(H,30,31). The van der Waals surface area contributed by atoms with Crippen LogP contribution in [0.15, 0.2) is 48.9 Å². The number of amides is 2. The van der Waals surface area contributed by atoms with E-state index in [1.807, 2.05) is 12.1 Å². The highest BCUT2D eigenvalue weighted by atomic mass is 16.5. The zero-order valence-corrected chi connectivity index (χ0v) is 16.8. The molecule has 10 nitrogen and oxygen atoms in total. The fourth-order valence-electron chi connectivity index (χ4n) is 3.17. The maximum atomic E-state index is 12.1. The van der Waals surface area contributed by atoms with Gasteiger partial charge in [0.25, 0.3) is 5.91 Å². The van der Waals surface area contributed by atoms with Gasteiger partial charge >= 0.3 is 6.09 Å². The van der Waals surface area contributed by atoms with Crippen LogP contribution in [0.3, 0.4) is 0 Å². The molecule has 0 aliphatic heterocycles. The van der Waals surface area contributed by atoms with E-state index in [0.717, 1.165) is 23.3 Å². The summed E-state index contributed by atoms with van der Waals surface area (Å²) in [6.45, 7) is -0.292. The minimum Gasteiger partial charge on any atom is -0.482 e. The first-order chi connectivity index (χ1) is 15.4. The van der Waals surface area contributed by atoms with Crippen molar-refractivity contribution in [3.05, 3.63) is 60.0 Å². The first-order valence-electron chi connectivity index (χ1n) is 9.72. The summed E-state index contributed by atoms with van der Waals surface area (Å²) in [5, 5.41) is 19.1. The van der Waals surface area contributed by atoms with E-state index >= 15 is 0 Å². The molecule has 10 heteroatoms. The van der Waals surface area contributed by atoms with E-state index < -0.39 is 12.0 Å². The molecule has 0 spiro atoms. The summed E-state index contributed by atoms with van der Waals surface area (Å²) in [5.41, 5.74) is 7.42. The molecule has 1 aliphatic carbocycles. The Morgan fingerprint density at radius 2 is 2.03 bits per heavy atom. The Morgan fingerprint density at radius 3 is 2.72 bits per heavy atom. The van der Waals surface area contributed by atoms with Gasteiger partial charge in [-0.2, -0.15) is 5.26 Å². The Balaban J connectivity index is 1.78. The maximum Gasteiger partial charge on any atom is 0.418 e. The van der Waals surface area contributed by atoms with Crippen LogP contribution in [-0.4, -0.2) is 38.7 Å². The molecule has 2 amide bonds. The number of hydrogen-bond donors (Lipinski definition) is 2. The van der Waals surface area contributed by atoms with Crippen molar-refractivity contribution < 1.29 is 19.4 Å². The van der Waals surface area contributed by atoms with Crippen molar-refractivity contribution in [1.29, 1.82) is 5.26 Å². The smallest absolute Gasteiger partial charge is 0.418 e. The molecule has 0 radical (unpaired) electrons. The second-order valence-electron chi connectivity index (χ2n) is 7.22. The van der Waals surface area contributed by atoms with Crippen LogP contribution in [0.5, 0.6) is 5.75 Å². The summed E-state index contributed by atoms with van der Waals surface area (Å²) < 4.78 is 5.32. The van der Waals surface area contributed by atoms with Crippen LogP contribution in [0.2, 0.25) is 0 Å². The number of carbonyl (C=O) groups is 2. The van der Waals surface area contributed by atoms with Crippen LogP contribution < -0.4 is 15.4 Å². The number of nitriles is 1. The number of aromatic nitrogens is 3. The Labute approximate surface area is 182 Å². The molecular weight excluding hydrogens is 412 g/mol. The van der Waals surface area contributed by atoms with E-state index in [2.05, 4.69) is 15.0 Å². The molecule has 4 rings (SSSR count). The molecule has 3 aromatic heterocycles. The number of rotatable bonds is 7. The highest BCUT2D eigenvalue weighted by Gasteiger charge is 2.28. The SMILES string of the molecule is N#Cc1ccnc(N(C(=O)O)c2cc(C3CC3)cc(-c3cncc(OCC(N)=O)c3)n2)c1. The summed E-state index contributed by atoms with van der Waals surface area (Å²) in [4.78, 5) is 36.8. The number of nitrogens with zero attached hydrogens (tertiary/aromatic N) is 5. The van der Waals surface area contributed by atoms with E-state index in [0.29, 0.717) is 22.9 Å².